The normalized spacial score (nSPS) is 17.2. The van der Waals surface area contributed by atoms with E-state index in [1.807, 2.05) is 72.3 Å². The van der Waals surface area contributed by atoms with Crippen LogP contribution in [0.3, 0.4) is 0 Å². The summed E-state index contributed by atoms with van der Waals surface area (Å²) in [5, 5.41) is 13.2. The number of benzene rings is 3. The summed E-state index contributed by atoms with van der Waals surface area (Å²) in [5.41, 5.74) is 2.45. The number of carbonyl (C=O) groups excluding carboxylic acids is 2. The zero-order chi connectivity index (χ0) is 25.2. The van der Waals surface area contributed by atoms with Gasteiger partial charge >= 0.3 is 0 Å². The second kappa shape index (κ2) is 9.70. The predicted octanol–water partition coefficient (Wildman–Crippen LogP) is 4.87. The van der Waals surface area contributed by atoms with Crippen LogP contribution in [-0.2, 0) is 16.1 Å². The Morgan fingerprint density at radius 3 is 2.47 bits per heavy atom. The van der Waals surface area contributed by atoms with E-state index in [1.54, 1.807) is 30.6 Å². The van der Waals surface area contributed by atoms with Crippen LogP contribution < -0.4 is 4.74 Å². The highest BCUT2D eigenvalue weighted by Gasteiger charge is 2.45. The van der Waals surface area contributed by atoms with Gasteiger partial charge in [0.25, 0.3) is 11.7 Å². The molecule has 1 unspecified atom stereocenters. The maximum atomic E-state index is 13.3. The highest BCUT2D eigenvalue weighted by Crippen LogP contribution is 2.40. The number of rotatable bonds is 7. The van der Waals surface area contributed by atoms with Crippen molar-refractivity contribution in [2.75, 3.05) is 13.7 Å². The minimum absolute atomic E-state index is 0.111. The molecule has 7 nitrogen and oxygen atoms in total. The van der Waals surface area contributed by atoms with Gasteiger partial charge in [0, 0.05) is 31.0 Å². The fourth-order valence-electron chi connectivity index (χ4n) is 4.70. The maximum absolute atomic E-state index is 13.3. The van der Waals surface area contributed by atoms with Gasteiger partial charge in [-0.15, -0.1) is 0 Å². The molecule has 36 heavy (non-hydrogen) atoms. The van der Waals surface area contributed by atoms with Gasteiger partial charge in [0.1, 0.15) is 11.5 Å². The number of amides is 1. The van der Waals surface area contributed by atoms with E-state index in [2.05, 4.69) is 4.98 Å². The molecule has 0 bridgehead atoms. The molecule has 0 radical (unpaired) electrons. The van der Waals surface area contributed by atoms with Gasteiger partial charge in [0.15, 0.2) is 0 Å². The minimum Gasteiger partial charge on any atom is -0.507 e. The van der Waals surface area contributed by atoms with Crippen molar-refractivity contribution in [1.82, 2.24) is 14.5 Å². The molecule has 3 aromatic carbocycles. The third-order valence-electron chi connectivity index (χ3n) is 6.63. The largest absolute Gasteiger partial charge is 0.507 e. The second-order valence-corrected chi connectivity index (χ2v) is 8.99. The van der Waals surface area contributed by atoms with Crippen LogP contribution >= 0.6 is 0 Å². The number of fused-ring (bicyclic) bond motifs is 1. The number of ketones is 1. The molecule has 0 saturated carbocycles. The van der Waals surface area contributed by atoms with Gasteiger partial charge in [-0.2, -0.15) is 0 Å². The van der Waals surface area contributed by atoms with E-state index >= 15 is 0 Å². The summed E-state index contributed by atoms with van der Waals surface area (Å²) in [7, 11) is 1.61. The highest BCUT2D eigenvalue weighted by atomic mass is 16.5. The Balaban J connectivity index is 1.55. The zero-order valence-electron chi connectivity index (χ0n) is 20.2. The van der Waals surface area contributed by atoms with Crippen LogP contribution in [0.2, 0.25) is 0 Å². The number of imidazole rings is 1. The van der Waals surface area contributed by atoms with Crippen LogP contribution in [0, 0.1) is 6.92 Å². The van der Waals surface area contributed by atoms with E-state index in [9.17, 15) is 14.7 Å². The first-order valence-corrected chi connectivity index (χ1v) is 11.8. The first kappa shape index (κ1) is 23.4. The molecule has 182 valence electrons. The Labute approximate surface area is 209 Å². The fraction of sp³-hybridized carbons (Fsp3) is 0.207. The molecular weight excluding hydrogens is 454 g/mol. The topological polar surface area (TPSA) is 84.7 Å². The first-order valence-electron chi connectivity index (χ1n) is 11.8. The van der Waals surface area contributed by atoms with Crippen molar-refractivity contribution >= 4 is 28.2 Å². The van der Waals surface area contributed by atoms with Crippen LogP contribution in [0.15, 0.2) is 85.0 Å². The molecule has 0 aliphatic carbocycles. The molecule has 7 heteroatoms. The molecule has 2 heterocycles. The van der Waals surface area contributed by atoms with E-state index in [0.29, 0.717) is 25.1 Å². The molecule has 1 aliphatic rings. The van der Waals surface area contributed by atoms with Crippen molar-refractivity contribution < 1.29 is 19.4 Å². The average molecular weight is 482 g/mol. The summed E-state index contributed by atoms with van der Waals surface area (Å²) >= 11 is 0. The van der Waals surface area contributed by atoms with Crippen LogP contribution in [-0.4, -0.2) is 44.9 Å². The number of Topliss-reactive ketones (excluding diaryl/α,β-unsaturated/α-hetero) is 1. The van der Waals surface area contributed by atoms with Gasteiger partial charge in [-0.1, -0.05) is 48.0 Å². The molecule has 4 aromatic rings. The van der Waals surface area contributed by atoms with E-state index < -0.39 is 17.7 Å². The molecule has 0 spiro atoms. The monoisotopic (exact) mass is 481 g/mol. The lowest BCUT2D eigenvalue weighted by atomic mass is 9.94. The number of aryl methyl sites for hydroxylation is 2. The van der Waals surface area contributed by atoms with Gasteiger partial charge in [-0.3, -0.25) is 9.59 Å². The third-order valence-corrected chi connectivity index (χ3v) is 6.63. The van der Waals surface area contributed by atoms with Crippen molar-refractivity contribution in [3.05, 3.63) is 102 Å². The summed E-state index contributed by atoms with van der Waals surface area (Å²) in [5.74, 6) is -0.706. The molecule has 1 aliphatic heterocycles. The van der Waals surface area contributed by atoms with Crippen molar-refractivity contribution in [3.8, 4) is 5.75 Å². The van der Waals surface area contributed by atoms with Crippen LogP contribution in [0.25, 0.3) is 16.5 Å². The van der Waals surface area contributed by atoms with Crippen molar-refractivity contribution in [1.29, 1.82) is 0 Å². The van der Waals surface area contributed by atoms with Gasteiger partial charge in [-0.05, 0) is 47.9 Å². The first-order chi connectivity index (χ1) is 17.5. The quantitative estimate of drug-likeness (QED) is 0.231. The standard InChI is InChI=1S/C29H27N3O4/c1-19-4-6-20(7-5-19)26-25(28(34)29(35)32(26)14-3-13-31-15-12-30-18-31)27(33)23-9-8-22-17-24(36-2)11-10-21(22)16-23/h4-12,15-18,26,33H,3,13-14H2,1-2H3/b27-25+. The Morgan fingerprint density at radius 2 is 1.75 bits per heavy atom. The number of carbonyl (C=O) groups is 2. The number of hydrogen-bond acceptors (Lipinski definition) is 5. The van der Waals surface area contributed by atoms with E-state index in [0.717, 1.165) is 27.6 Å². The minimum atomic E-state index is -0.671. The van der Waals surface area contributed by atoms with Crippen LogP contribution in [0.5, 0.6) is 5.75 Å². The molecule has 1 N–H and O–H groups in total. The summed E-state index contributed by atoms with van der Waals surface area (Å²) in [6, 6.07) is 18.2. The second-order valence-electron chi connectivity index (χ2n) is 8.99. The number of aromatic nitrogens is 2. The summed E-state index contributed by atoms with van der Waals surface area (Å²) in [6.45, 7) is 3.02. The molecule has 1 saturated heterocycles. The van der Waals surface area contributed by atoms with Crippen LogP contribution in [0.4, 0.5) is 0 Å². The smallest absolute Gasteiger partial charge is 0.295 e. The Morgan fingerprint density at radius 1 is 1.00 bits per heavy atom. The molecule has 1 aromatic heterocycles. The lowest BCUT2D eigenvalue weighted by Gasteiger charge is -2.25. The van der Waals surface area contributed by atoms with Crippen LogP contribution in [0.1, 0.15) is 29.2 Å². The summed E-state index contributed by atoms with van der Waals surface area (Å²) < 4.78 is 7.23. The van der Waals surface area contributed by atoms with Crippen molar-refractivity contribution in [2.24, 2.45) is 0 Å². The molecule has 5 rings (SSSR count). The molecule has 1 fully saturated rings. The number of likely N-dealkylation sites (tertiary alicyclic amines) is 1. The van der Waals surface area contributed by atoms with E-state index in [1.165, 1.54) is 0 Å². The molecular formula is C29H27N3O4. The van der Waals surface area contributed by atoms with Gasteiger partial charge < -0.3 is 19.3 Å². The number of ether oxygens (including phenoxy) is 1. The molecule has 1 atom stereocenters. The number of nitrogens with zero attached hydrogens (tertiary/aromatic N) is 3. The predicted molar refractivity (Wildman–Crippen MR) is 138 cm³/mol. The Kier molecular flexibility index (Phi) is 6.29. The maximum Gasteiger partial charge on any atom is 0.295 e. The van der Waals surface area contributed by atoms with Crippen molar-refractivity contribution in [2.45, 2.75) is 25.9 Å². The number of aliphatic hydroxyl groups is 1. The van der Waals surface area contributed by atoms with Gasteiger partial charge in [-0.25, -0.2) is 4.98 Å². The SMILES string of the molecule is COc1ccc2cc(/C(O)=C3\C(=O)C(=O)N(CCCn4ccnc4)C3c3ccc(C)cc3)ccc2c1. The summed E-state index contributed by atoms with van der Waals surface area (Å²) in [4.78, 5) is 32.1. The van der Waals surface area contributed by atoms with Gasteiger partial charge in [0.05, 0.1) is 25.1 Å². The average Bonchev–Trinajstić information content (AvgIpc) is 3.50. The lowest BCUT2D eigenvalue weighted by molar-refractivity contribution is -0.139. The van der Waals surface area contributed by atoms with Gasteiger partial charge in [0.2, 0.25) is 0 Å². The third kappa shape index (κ3) is 4.35. The molecule has 1 amide bonds. The van der Waals surface area contributed by atoms with E-state index in [-0.39, 0.29) is 11.3 Å². The number of methoxy groups -OCH3 is 1. The van der Waals surface area contributed by atoms with E-state index in [4.69, 9.17) is 4.74 Å². The zero-order valence-corrected chi connectivity index (χ0v) is 20.2. The Bertz CT molecular complexity index is 1460. The number of aliphatic hydroxyl groups excluding tert-OH is 1. The summed E-state index contributed by atoms with van der Waals surface area (Å²) in [6.07, 6.45) is 5.93. The lowest BCUT2D eigenvalue weighted by Crippen LogP contribution is -2.31. The highest BCUT2D eigenvalue weighted by molar-refractivity contribution is 6.46. The Hall–Kier alpha value is -4.39. The van der Waals surface area contributed by atoms with Crippen molar-refractivity contribution in [3.63, 3.8) is 0 Å². The number of hydrogen-bond donors (Lipinski definition) is 1. The fourth-order valence-corrected chi connectivity index (χ4v) is 4.70.